The third-order valence-corrected chi connectivity index (χ3v) is 3.19. The summed E-state index contributed by atoms with van der Waals surface area (Å²) >= 11 is 5.99. The molecule has 0 aromatic heterocycles. The lowest BCUT2D eigenvalue weighted by Gasteiger charge is -2.17. The van der Waals surface area contributed by atoms with Gasteiger partial charge in [-0.1, -0.05) is 43.9 Å². The van der Waals surface area contributed by atoms with Crippen molar-refractivity contribution < 1.29 is 4.74 Å². The summed E-state index contributed by atoms with van der Waals surface area (Å²) in [4.78, 5) is 0. The summed E-state index contributed by atoms with van der Waals surface area (Å²) in [6.45, 7) is 2.19. The van der Waals surface area contributed by atoms with Gasteiger partial charge in [-0.25, -0.2) is 0 Å². The molecule has 4 heteroatoms. The molecule has 0 spiro atoms. The normalized spacial score (nSPS) is 12.5. The van der Waals surface area contributed by atoms with Gasteiger partial charge in [0.05, 0.1) is 12.1 Å². The summed E-state index contributed by atoms with van der Waals surface area (Å²) in [5.74, 6) is 6.29. The summed E-state index contributed by atoms with van der Waals surface area (Å²) in [6.07, 6.45) is 4.62. The zero-order chi connectivity index (χ0) is 12.7. The molecule has 0 saturated carbocycles. The molecule has 0 amide bonds. The van der Waals surface area contributed by atoms with E-state index in [0.717, 1.165) is 18.4 Å². The van der Waals surface area contributed by atoms with Gasteiger partial charge in [0.1, 0.15) is 5.75 Å². The summed E-state index contributed by atoms with van der Waals surface area (Å²) in [5.41, 5.74) is 3.96. The van der Waals surface area contributed by atoms with Gasteiger partial charge in [-0.15, -0.1) is 0 Å². The molecule has 3 nitrogen and oxygen atoms in total. The van der Waals surface area contributed by atoms with E-state index in [1.165, 1.54) is 12.8 Å². The zero-order valence-corrected chi connectivity index (χ0v) is 11.3. The minimum absolute atomic E-state index is 0.160. The van der Waals surface area contributed by atoms with Gasteiger partial charge in [-0.3, -0.25) is 11.3 Å². The van der Waals surface area contributed by atoms with Gasteiger partial charge in [-0.05, 0) is 24.1 Å². The van der Waals surface area contributed by atoms with E-state index in [2.05, 4.69) is 12.3 Å². The molecule has 1 unspecified atom stereocenters. The molecule has 0 saturated heterocycles. The predicted molar refractivity (Wildman–Crippen MR) is 72.2 cm³/mol. The number of ether oxygens (including phenoxy) is 1. The van der Waals surface area contributed by atoms with E-state index in [1.54, 1.807) is 7.11 Å². The van der Waals surface area contributed by atoms with Gasteiger partial charge in [0.25, 0.3) is 0 Å². The molecular weight excluding hydrogens is 236 g/mol. The third kappa shape index (κ3) is 4.19. The molecule has 0 fully saturated rings. The summed E-state index contributed by atoms with van der Waals surface area (Å²) in [5, 5.41) is 0.626. The van der Waals surface area contributed by atoms with Crippen LogP contribution in [0, 0.1) is 0 Å². The van der Waals surface area contributed by atoms with Crippen molar-refractivity contribution in [3.63, 3.8) is 0 Å². The van der Waals surface area contributed by atoms with Crippen molar-refractivity contribution in [3.8, 4) is 5.75 Å². The fourth-order valence-electron chi connectivity index (χ4n) is 1.84. The van der Waals surface area contributed by atoms with Crippen LogP contribution in [0.25, 0.3) is 0 Å². The molecule has 1 aromatic carbocycles. The van der Waals surface area contributed by atoms with Gasteiger partial charge < -0.3 is 4.74 Å². The van der Waals surface area contributed by atoms with Crippen molar-refractivity contribution in [2.45, 2.75) is 38.6 Å². The van der Waals surface area contributed by atoms with E-state index in [-0.39, 0.29) is 6.04 Å². The molecule has 0 aliphatic carbocycles. The van der Waals surface area contributed by atoms with Gasteiger partial charge in [-0.2, -0.15) is 0 Å². The van der Waals surface area contributed by atoms with Crippen LogP contribution in [-0.4, -0.2) is 7.11 Å². The Morgan fingerprint density at radius 2 is 2.18 bits per heavy atom. The number of hydrogen-bond donors (Lipinski definition) is 2. The first-order chi connectivity index (χ1) is 8.22. The second-order valence-corrected chi connectivity index (χ2v) is 4.52. The molecular formula is C13H21ClN2O. The number of unbranched alkanes of at least 4 members (excludes halogenated alkanes) is 2. The fourth-order valence-corrected chi connectivity index (χ4v) is 2.03. The molecule has 1 rings (SSSR count). The van der Waals surface area contributed by atoms with Crippen LogP contribution in [0.1, 0.15) is 44.2 Å². The van der Waals surface area contributed by atoms with Crippen LogP contribution in [0.5, 0.6) is 5.75 Å². The van der Waals surface area contributed by atoms with Crippen LogP contribution in [-0.2, 0) is 0 Å². The highest BCUT2D eigenvalue weighted by atomic mass is 35.5. The Hall–Kier alpha value is -0.770. The molecule has 0 radical (unpaired) electrons. The van der Waals surface area contributed by atoms with Crippen molar-refractivity contribution in [1.82, 2.24) is 5.43 Å². The zero-order valence-electron chi connectivity index (χ0n) is 10.5. The van der Waals surface area contributed by atoms with E-state index in [9.17, 15) is 0 Å². The van der Waals surface area contributed by atoms with E-state index < -0.39 is 0 Å². The Kier molecular flexibility index (Phi) is 6.34. The van der Waals surface area contributed by atoms with E-state index in [1.807, 2.05) is 18.2 Å². The highest BCUT2D eigenvalue weighted by Gasteiger charge is 2.11. The lowest BCUT2D eigenvalue weighted by molar-refractivity contribution is 0.412. The predicted octanol–water partition coefficient (Wildman–Crippen LogP) is 3.43. The second-order valence-electron chi connectivity index (χ2n) is 4.11. The van der Waals surface area contributed by atoms with Crippen LogP contribution in [0.2, 0.25) is 5.02 Å². The quantitative estimate of drug-likeness (QED) is 0.446. The molecule has 0 aliphatic rings. The topological polar surface area (TPSA) is 47.3 Å². The number of halogens is 1. The minimum Gasteiger partial charge on any atom is -0.495 e. The second kappa shape index (κ2) is 7.54. The number of nitrogens with one attached hydrogen (secondary N) is 1. The lowest BCUT2D eigenvalue weighted by Crippen LogP contribution is -2.28. The number of hydrogen-bond acceptors (Lipinski definition) is 3. The first-order valence-electron chi connectivity index (χ1n) is 6.02. The summed E-state index contributed by atoms with van der Waals surface area (Å²) in [6, 6.07) is 5.94. The third-order valence-electron chi connectivity index (χ3n) is 2.88. The standard InChI is InChI=1S/C13H21ClN2O/c1-3-4-5-6-12(16-15)10-7-8-11(14)13(9-10)17-2/h7-9,12,16H,3-6,15H2,1-2H3. The Morgan fingerprint density at radius 3 is 2.76 bits per heavy atom. The maximum absolute atomic E-state index is 5.99. The highest BCUT2D eigenvalue weighted by Crippen LogP contribution is 2.29. The summed E-state index contributed by atoms with van der Waals surface area (Å²) in [7, 11) is 1.62. The van der Waals surface area contributed by atoms with Crippen molar-refractivity contribution in [1.29, 1.82) is 0 Å². The number of rotatable bonds is 7. The van der Waals surface area contributed by atoms with Crippen molar-refractivity contribution in [2.75, 3.05) is 7.11 Å². The molecule has 0 heterocycles. The van der Waals surface area contributed by atoms with Crippen LogP contribution in [0.15, 0.2) is 18.2 Å². The minimum atomic E-state index is 0.160. The molecule has 17 heavy (non-hydrogen) atoms. The Labute approximate surface area is 108 Å². The highest BCUT2D eigenvalue weighted by molar-refractivity contribution is 6.32. The van der Waals surface area contributed by atoms with Gasteiger partial charge in [0.15, 0.2) is 0 Å². The van der Waals surface area contributed by atoms with E-state index >= 15 is 0 Å². The molecule has 1 aromatic rings. The SMILES string of the molecule is CCCCCC(NN)c1ccc(Cl)c(OC)c1. The van der Waals surface area contributed by atoms with Crippen molar-refractivity contribution in [2.24, 2.45) is 5.84 Å². The number of benzene rings is 1. The van der Waals surface area contributed by atoms with Gasteiger partial charge >= 0.3 is 0 Å². The smallest absolute Gasteiger partial charge is 0.137 e. The maximum atomic E-state index is 5.99. The largest absolute Gasteiger partial charge is 0.495 e. The van der Waals surface area contributed by atoms with Crippen molar-refractivity contribution >= 4 is 11.6 Å². The lowest BCUT2D eigenvalue weighted by atomic mass is 10.0. The molecule has 96 valence electrons. The van der Waals surface area contributed by atoms with E-state index in [0.29, 0.717) is 10.8 Å². The molecule has 3 N–H and O–H groups in total. The number of methoxy groups -OCH3 is 1. The van der Waals surface area contributed by atoms with Crippen LogP contribution >= 0.6 is 11.6 Å². The van der Waals surface area contributed by atoms with Crippen LogP contribution < -0.4 is 16.0 Å². The average Bonchev–Trinajstić information content (AvgIpc) is 2.36. The average molecular weight is 257 g/mol. The fraction of sp³-hybridized carbons (Fsp3) is 0.538. The number of hydrazine groups is 1. The molecule has 1 atom stereocenters. The van der Waals surface area contributed by atoms with Crippen LogP contribution in [0.4, 0.5) is 0 Å². The maximum Gasteiger partial charge on any atom is 0.137 e. The van der Waals surface area contributed by atoms with Crippen molar-refractivity contribution in [3.05, 3.63) is 28.8 Å². The first kappa shape index (κ1) is 14.3. The van der Waals surface area contributed by atoms with Crippen LogP contribution in [0.3, 0.4) is 0 Å². The molecule has 0 bridgehead atoms. The van der Waals surface area contributed by atoms with Gasteiger partial charge in [0.2, 0.25) is 0 Å². The Balaban J connectivity index is 2.73. The summed E-state index contributed by atoms with van der Waals surface area (Å²) < 4.78 is 5.21. The monoisotopic (exact) mass is 256 g/mol. The Bertz CT molecular complexity index is 344. The number of nitrogens with two attached hydrogens (primary N) is 1. The van der Waals surface area contributed by atoms with E-state index in [4.69, 9.17) is 22.2 Å². The Morgan fingerprint density at radius 1 is 1.41 bits per heavy atom. The first-order valence-corrected chi connectivity index (χ1v) is 6.40. The van der Waals surface area contributed by atoms with Gasteiger partial charge in [0, 0.05) is 6.04 Å². The molecule has 0 aliphatic heterocycles.